The van der Waals surface area contributed by atoms with Crippen molar-refractivity contribution in [3.05, 3.63) is 41.2 Å². The first kappa shape index (κ1) is 21.3. The quantitative estimate of drug-likeness (QED) is 0.569. The number of carbonyl (C=O) groups is 1. The molecule has 2 N–H and O–H groups in total. The fourth-order valence-electron chi connectivity index (χ4n) is 2.89. The number of pyridine rings is 2. The van der Waals surface area contributed by atoms with Gasteiger partial charge in [0.05, 0.1) is 10.9 Å². The Morgan fingerprint density at radius 3 is 2.67 bits per heavy atom. The highest BCUT2D eigenvalue weighted by Crippen LogP contribution is 2.29. The Labute approximate surface area is 170 Å². The second-order valence-electron chi connectivity index (χ2n) is 6.70. The second kappa shape index (κ2) is 8.56. The number of amides is 1. The van der Waals surface area contributed by atoms with Crippen molar-refractivity contribution in [2.75, 3.05) is 25.0 Å². The Balaban J connectivity index is 1.46. The van der Waals surface area contributed by atoms with Gasteiger partial charge in [-0.25, -0.2) is 14.6 Å². The summed E-state index contributed by atoms with van der Waals surface area (Å²) in [4.78, 5) is 20.1. The molecular weight excluding hydrogens is 401 g/mol. The second-order valence-corrected chi connectivity index (χ2v) is 6.70. The number of hydrogen-bond acceptors (Lipinski definition) is 6. The van der Waals surface area contributed by atoms with Gasteiger partial charge in [-0.05, 0) is 37.6 Å². The van der Waals surface area contributed by atoms with Gasteiger partial charge in [0.2, 0.25) is 5.88 Å². The van der Waals surface area contributed by atoms with E-state index in [9.17, 15) is 18.0 Å². The van der Waals surface area contributed by atoms with E-state index in [4.69, 9.17) is 4.74 Å². The lowest BCUT2D eigenvalue weighted by Gasteiger charge is -2.09. The molecule has 0 aromatic carbocycles. The van der Waals surface area contributed by atoms with Crippen LogP contribution in [0.15, 0.2) is 24.4 Å². The lowest BCUT2D eigenvalue weighted by atomic mass is 10.2. The molecule has 0 bridgehead atoms. The summed E-state index contributed by atoms with van der Waals surface area (Å²) in [5.41, 5.74) is 1.67. The molecule has 0 fully saturated rings. The van der Waals surface area contributed by atoms with E-state index in [0.717, 1.165) is 28.9 Å². The van der Waals surface area contributed by atoms with Crippen LogP contribution < -0.4 is 15.4 Å². The summed E-state index contributed by atoms with van der Waals surface area (Å²) in [7, 11) is 1.75. The lowest BCUT2D eigenvalue weighted by molar-refractivity contribution is -0.137. The van der Waals surface area contributed by atoms with E-state index < -0.39 is 11.7 Å². The Morgan fingerprint density at radius 2 is 2.00 bits per heavy atom. The summed E-state index contributed by atoms with van der Waals surface area (Å²) >= 11 is 0. The van der Waals surface area contributed by atoms with E-state index >= 15 is 0 Å². The third-order valence-electron chi connectivity index (χ3n) is 4.27. The highest BCUT2D eigenvalue weighted by atomic mass is 19.4. The molecule has 0 saturated heterocycles. The van der Waals surface area contributed by atoms with Crippen molar-refractivity contribution in [1.82, 2.24) is 25.1 Å². The van der Waals surface area contributed by atoms with Crippen molar-refractivity contribution in [2.24, 2.45) is 7.05 Å². The van der Waals surface area contributed by atoms with E-state index in [-0.39, 0.29) is 24.9 Å². The van der Waals surface area contributed by atoms with Gasteiger partial charge < -0.3 is 15.4 Å². The van der Waals surface area contributed by atoms with Gasteiger partial charge in [0.15, 0.2) is 12.3 Å². The number of anilines is 1. The van der Waals surface area contributed by atoms with Crippen LogP contribution in [0.25, 0.3) is 11.0 Å². The average Bonchev–Trinajstić information content (AvgIpc) is 2.99. The number of ether oxygens (including phenoxy) is 1. The molecule has 1 amide bonds. The van der Waals surface area contributed by atoms with Crippen LogP contribution >= 0.6 is 0 Å². The molecule has 0 aliphatic heterocycles. The molecule has 0 radical (unpaired) electrons. The summed E-state index contributed by atoms with van der Waals surface area (Å²) in [6.45, 7) is 4.12. The van der Waals surface area contributed by atoms with Crippen molar-refractivity contribution < 1.29 is 22.7 Å². The predicted octanol–water partition coefficient (Wildman–Crippen LogP) is 2.61. The Kier molecular flexibility index (Phi) is 6.09. The smallest absolute Gasteiger partial charge is 0.417 e. The van der Waals surface area contributed by atoms with E-state index in [2.05, 4.69) is 25.7 Å². The monoisotopic (exact) mass is 422 g/mol. The van der Waals surface area contributed by atoms with E-state index in [1.165, 1.54) is 6.07 Å². The molecule has 3 heterocycles. The number of alkyl halides is 3. The molecule has 0 aliphatic rings. The van der Waals surface area contributed by atoms with Crippen molar-refractivity contribution >= 4 is 22.8 Å². The molecule has 160 valence electrons. The molecule has 0 aliphatic carbocycles. The highest BCUT2D eigenvalue weighted by Gasteiger charge is 2.30. The normalized spacial score (nSPS) is 11.5. The largest absolute Gasteiger partial charge is 0.466 e. The van der Waals surface area contributed by atoms with E-state index in [0.29, 0.717) is 18.1 Å². The fraction of sp³-hybridized carbons (Fsp3) is 0.368. The fourth-order valence-corrected chi connectivity index (χ4v) is 2.89. The minimum Gasteiger partial charge on any atom is -0.466 e. The predicted molar refractivity (Wildman–Crippen MR) is 104 cm³/mol. The maximum absolute atomic E-state index is 12.5. The molecule has 0 saturated carbocycles. The zero-order valence-electron chi connectivity index (χ0n) is 16.7. The Hall–Kier alpha value is -3.37. The van der Waals surface area contributed by atoms with Crippen LogP contribution in [0.5, 0.6) is 5.88 Å². The first-order chi connectivity index (χ1) is 14.1. The number of nitrogens with one attached hydrogen (secondary N) is 2. The molecule has 0 spiro atoms. The zero-order valence-corrected chi connectivity index (χ0v) is 16.7. The Morgan fingerprint density at radius 1 is 1.23 bits per heavy atom. The molecule has 3 aromatic rings. The topological polar surface area (TPSA) is 94.0 Å². The van der Waals surface area contributed by atoms with Gasteiger partial charge in [-0.15, -0.1) is 5.10 Å². The third-order valence-corrected chi connectivity index (χ3v) is 4.27. The van der Waals surface area contributed by atoms with Crippen LogP contribution in [0.4, 0.5) is 19.0 Å². The van der Waals surface area contributed by atoms with Gasteiger partial charge in [0, 0.05) is 32.0 Å². The van der Waals surface area contributed by atoms with Gasteiger partial charge in [-0.3, -0.25) is 4.79 Å². The molecule has 0 unspecified atom stereocenters. The minimum atomic E-state index is -4.42. The van der Waals surface area contributed by atoms with Crippen LogP contribution in [-0.2, 0) is 18.0 Å². The summed E-state index contributed by atoms with van der Waals surface area (Å²) in [6, 6.07) is 4.09. The summed E-state index contributed by atoms with van der Waals surface area (Å²) in [6.07, 6.45) is -3.67. The van der Waals surface area contributed by atoms with Gasteiger partial charge in [-0.1, -0.05) is 0 Å². The first-order valence-corrected chi connectivity index (χ1v) is 9.12. The number of nitrogens with zero attached hydrogens (tertiary/aromatic N) is 4. The number of aromatic nitrogens is 4. The van der Waals surface area contributed by atoms with Crippen LogP contribution in [0.3, 0.4) is 0 Å². The van der Waals surface area contributed by atoms with Crippen LogP contribution in [0, 0.1) is 13.8 Å². The molecular formula is C19H21F3N6O2. The van der Waals surface area contributed by atoms with Crippen LogP contribution in [-0.4, -0.2) is 45.4 Å². The number of halogens is 3. The van der Waals surface area contributed by atoms with Crippen LogP contribution in [0.2, 0.25) is 0 Å². The van der Waals surface area contributed by atoms with Crippen molar-refractivity contribution in [3.63, 3.8) is 0 Å². The molecule has 8 nitrogen and oxygen atoms in total. The number of hydrogen-bond donors (Lipinski definition) is 2. The van der Waals surface area contributed by atoms with Gasteiger partial charge in [0.1, 0.15) is 5.82 Å². The standard InChI is InChI=1S/C19H21F3N6O2/c1-11-8-12(2)26-17-16(11)18(27-28(17)3)30-10-15(29)24-7-6-23-14-5-4-13(9-25-14)19(20,21)22/h4-5,8-9H,6-7,10H2,1-3H3,(H,23,25)(H,24,29). The summed E-state index contributed by atoms with van der Waals surface area (Å²) in [5, 5.41) is 10.5. The van der Waals surface area contributed by atoms with Gasteiger partial charge in [-0.2, -0.15) is 13.2 Å². The maximum Gasteiger partial charge on any atom is 0.417 e. The number of aryl methyl sites for hydroxylation is 3. The van der Waals surface area contributed by atoms with E-state index in [1.54, 1.807) is 11.7 Å². The van der Waals surface area contributed by atoms with E-state index in [1.807, 2.05) is 19.9 Å². The first-order valence-electron chi connectivity index (χ1n) is 9.12. The average molecular weight is 422 g/mol. The SMILES string of the molecule is Cc1cc(C)c2c(OCC(=O)NCCNc3ccc(C(F)(F)F)cn3)nn(C)c2n1. The number of carbonyl (C=O) groups excluding carboxylic acids is 1. The van der Waals surface area contributed by atoms with Crippen molar-refractivity contribution in [1.29, 1.82) is 0 Å². The molecule has 11 heteroatoms. The van der Waals surface area contributed by atoms with Gasteiger partial charge >= 0.3 is 6.18 Å². The molecule has 30 heavy (non-hydrogen) atoms. The third kappa shape index (κ3) is 4.97. The minimum absolute atomic E-state index is 0.224. The maximum atomic E-state index is 12.5. The van der Waals surface area contributed by atoms with Crippen LogP contribution in [0.1, 0.15) is 16.8 Å². The molecule has 0 atom stereocenters. The van der Waals surface area contributed by atoms with Crippen molar-refractivity contribution in [2.45, 2.75) is 20.0 Å². The Bertz CT molecular complexity index is 1050. The molecule has 3 aromatic heterocycles. The summed E-state index contributed by atoms with van der Waals surface area (Å²) in [5.74, 6) is 0.264. The molecule has 3 rings (SSSR count). The number of rotatable bonds is 7. The lowest BCUT2D eigenvalue weighted by Crippen LogP contribution is -2.32. The zero-order chi connectivity index (χ0) is 21.9. The summed E-state index contributed by atoms with van der Waals surface area (Å²) < 4.78 is 44.7. The highest BCUT2D eigenvalue weighted by molar-refractivity contribution is 5.85. The van der Waals surface area contributed by atoms with Gasteiger partial charge in [0.25, 0.3) is 5.91 Å². The van der Waals surface area contributed by atoms with Crippen molar-refractivity contribution in [3.8, 4) is 5.88 Å². The number of fused-ring (bicyclic) bond motifs is 1.